The number of ether oxygens (including phenoxy) is 4. The zero-order chi connectivity index (χ0) is 14.4. The second-order valence-corrected chi connectivity index (χ2v) is 4.92. The lowest BCUT2D eigenvalue weighted by Gasteiger charge is -2.07. The first-order valence-electron chi connectivity index (χ1n) is 6.57. The van der Waals surface area contributed by atoms with E-state index in [4.69, 9.17) is 18.9 Å². The Kier molecular flexibility index (Phi) is 2.54. The molecular formula is C16H12O5. The van der Waals surface area contributed by atoms with Gasteiger partial charge in [0.2, 0.25) is 13.6 Å². The maximum Gasteiger partial charge on any atom is 0.231 e. The lowest BCUT2D eigenvalue weighted by Crippen LogP contribution is -2.03. The number of carbonyl (C=O) groups excluding carboxylic acids is 1. The summed E-state index contributed by atoms with van der Waals surface area (Å²) in [4.78, 5) is 12.7. The Bertz CT molecular complexity index is 751. The van der Waals surface area contributed by atoms with Gasteiger partial charge < -0.3 is 18.9 Å². The molecule has 2 aliphatic heterocycles. The highest BCUT2D eigenvalue weighted by Crippen LogP contribution is 2.37. The highest BCUT2D eigenvalue weighted by Gasteiger charge is 2.22. The minimum atomic E-state index is -0.0795. The molecule has 0 amide bonds. The van der Waals surface area contributed by atoms with Crippen molar-refractivity contribution >= 4 is 5.78 Å². The molecule has 0 saturated carbocycles. The molecule has 21 heavy (non-hydrogen) atoms. The summed E-state index contributed by atoms with van der Waals surface area (Å²) in [5.41, 5.74) is 2.00. The number of benzene rings is 2. The normalized spacial score (nSPS) is 14.3. The number of carbonyl (C=O) groups is 1. The molecule has 0 radical (unpaired) electrons. The molecule has 2 aromatic carbocycles. The van der Waals surface area contributed by atoms with Gasteiger partial charge in [-0.25, -0.2) is 0 Å². The number of hydrogen-bond donors (Lipinski definition) is 0. The standard InChI is InChI=1S/C16H12O5/c1-9-4-13-15(21-8-19-13)6-11(9)16(17)10-2-3-12-14(5-10)20-7-18-12/h2-6H,7-8H2,1H3. The molecule has 0 spiro atoms. The molecule has 0 atom stereocenters. The van der Waals surface area contributed by atoms with Crippen molar-refractivity contribution < 1.29 is 23.7 Å². The summed E-state index contributed by atoms with van der Waals surface area (Å²) in [5.74, 6) is 2.46. The Morgan fingerprint density at radius 3 is 2.24 bits per heavy atom. The average Bonchev–Trinajstić information content (AvgIpc) is 3.12. The van der Waals surface area contributed by atoms with Crippen molar-refractivity contribution in [1.82, 2.24) is 0 Å². The van der Waals surface area contributed by atoms with Gasteiger partial charge in [-0.1, -0.05) is 0 Å². The highest BCUT2D eigenvalue weighted by molar-refractivity contribution is 6.10. The van der Waals surface area contributed by atoms with Crippen LogP contribution in [-0.4, -0.2) is 19.4 Å². The summed E-state index contributed by atoms with van der Waals surface area (Å²) in [6.07, 6.45) is 0. The molecule has 5 heteroatoms. The molecule has 0 fully saturated rings. The topological polar surface area (TPSA) is 54.0 Å². The van der Waals surface area contributed by atoms with Crippen LogP contribution in [0.2, 0.25) is 0 Å². The van der Waals surface area contributed by atoms with Crippen LogP contribution in [0.5, 0.6) is 23.0 Å². The Labute approximate surface area is 121 Å². The molecule has 2 aliphatic rings. The van der Waals surface area contributed by atoms with E-state index in [1.54, 1.807) is 24.3 Å². The second kappa shape index (κ2) is 4.41. The SMILES string of the molecule is Cc1cc2c(cc1C(=O)c1ccc3c(c1)OCO3)OCO2. The van der Waals surface area contributed by atoms with Crippen molar-refractivity contribution in [2.45, 2.75) is 6.92 Å². The first kappa shape index (κ1) is 12.1. The van der Waals surface area contributed by atoms with Crippen molar-refractivity contribution in [3.8, 4) is 23.0 Å². The van der Waals surface area contributed by atoms with Crippen molar-refractivity contribution in [2.24, 2.45) is 0 Å². The minimum Gasteiger partial charge on any atom is -0.454 e. The number of hydrogen-bond acceptors (Lipinski definition) is 5. The molecule has 0 N–H and O–H groups in total. The van der Waals surface area contributed by atoms with Crippen molar-refractivity contribution in [2.75, 3.05) is 13.6 Å². The van der Waals surface area contributed by atoms with Gasteiger partial charge in [-0.3, -0.25) is 4.79 Å². The van der Waals surface area contributed by atoms with Crippen LogP contribution in [0.3, 0.4) is 0 Å². The maximum absolute atomic E-state index is 12.7. The van der Waals surface area contributed by atoms with Gasteiger partial charge in [0.25, 0.3) is 0 Å². The van der Waals surface area contributed by atoms with E-state index in [2.05, 4.69) is 0 Å². The highest BCUT2D eigenvalue weighted by atomic mass is 16.7. The van der Waals surface area contributed by atoms with Gasteiger partial charge >= 0.3 is 0 Å². The van der Waals surface area contributed by atoms with Gasteiger partial charge in [0.05, 0.1) is 0 Å². The summed E-state index contributed by atoms with van der Waals surface area (Å²) in [6.45, 7) is 2.26. The zero-order valence-corrected chi connectivity index (χ0v) is 11.3. The van der Waals surface area contributed by atoms with E-state index in [1.807, 2.05) is 13.0 Å². The molecule has 106 valence electrons. The summed E-state index contributed by atoms with van der Waals surface area (Å²) in [5, 5.41) is 0. The fourth-order valence-electron chi connectivity index (χ4n) is 2.48. The van der Waals surface area contributed by atoms with Gasteiger partial charge in [0.15, 0.2) is 28.8 Å². The predicted molar refractivity (Wildman–Crippen MR) is 73.3 cm³/mol. The van der Waals surface area contributed by atoms with E-state index in [1.165, 1.54) is 0 Å². The third-order valence-corrected chi connectivity index (χ3v) is 3.60. The van der Waals surface area contributed by atoms with E-state index < -0.39 is 0 Å². The molecule has 0 aliphatic carbocycles. The second-order valence-electron chi connectivity index (χ2n) is 4.92. The summed E-state index contributed by atoms with van der Waals surface area (Å²) < 4.78 is 21.2. The number of rotatable bonds is 2. The Morgan fingerprint density at radius 1 is 0.857 bits per heavy atom. The molecule has 0 unspecified atom stereocenters. The lowest BCUT2D eigenvalue weighted by molar-refractivity contribution is 0.103. The quantitative estimate of drug-likeness (QED) is 0.794. The van der Waals surface area contributed by atoms with Gasteiger partial charge in [-0.15, -0.1) is 0 Å². The number of aryl methyl sites for hydroxylation is 1. The summed E-state index contributed by atoms with van der Waals surface area (Å²) >= 11 is 0. The molecule has 5 nitrogen and oxygen atoms in total. The zero-order valence-electron chi connectivity index (χ0n) is 11.3. The molecule has 0 aromatic heterocycles. The van der Waals surface area contributed by atoms with Crippen molar-refractivity contribution in [1.29, 1.82) is 0 Å². The van der Waals surface area contributed by atoms with Crippen molar-refractivity contribution in [3.63, 3.8) is 0 Å². The molecule has 2 aromatic rings. The van der Waals surface area contributed by atoms with Gasteiger partial charge in [0.1, 0.15) is 0 Å². The minimum absolute atomic E-state index is 0.0795. The van der Waals surface area contributed by atoms with Crippen LogP contribution in [-0.2, 0) is 0 Å². The number of ketones is 1. The fourth-order valence-corrected chi connectivity index (χ4v) is 2.48. The maximum atomic E-state index is 12.7. The average molecular weight is 284 g/mol. The molecule has 0 saturated heterocycles. The van der Waals surface area contributed by atoms with E-state index in [9.17, 15) is 4.79 Å². The van der Waals surface area contributed by atoms with E-state index in [0.717, 1.165) is 5.56 Å². The van der Waals surface area contributed by atoms with Gasteiger partial charge in [-0.2, -0.15) is 0 Å². The Hall–Kier alpha value is -2.69. The smallest absolute Gasteiger partial charge is 0.231 e. The number of fused-ring (bicyclic) bond motifs is 2. The first-order valence-corrected chi connectivity index (χ1v) is 6.57. The largest absolute Gasteiger partial charge is 0.454 e. The third kappa shape index (κ3) is 1.89. The Balaban J connectivity index is 1.75. The van der Waals surface area contributed by atoms with Crippen LogP contribution in [0.25, 0.3) is 0 Å². The van der Waals surface area contributed by atoms with E-state index >= 15 is 0 Å². The first-order chi connectivity index (χ1) is 10.2. The van der Waals surface area contributed by atoms with Crippen molar-refractivity contribution in [3.05, 3.63) is 47.0 Å². The summed E-state index contributed by atoms with van der Waals surface area (Å²) in [7, 11) is 0. The fraction of sp³-hybridized carbons (Fsp3) is 0.188. The Morgan fingerprint density at radius 2 is 1.48 bits per heavy atom. The monoisotopic (exact) mass is 284 g/mol. The third-order valence-electron chi connectivity index (χ3n) is 3.60. The van der Waals surface area contributed by atoms with E-state index in [-0.39, 0.29) is 19.4 Å². The van der Waals surface area contributed by atoms with Crippen LogP contribution in [0, 0.1) is 6.92 Å². The van der Waals surface area contributed by atoms with Crippen LogP contribution in [0.15, 0.2) is 30.3 Å². The molecule has 2 heterocycles. The molecule has 4 rings (SSSR count). The van der Waals surface area contributed by atoms with E-state index in [0.29, 0.717) is 34.1 Å². The van der Waals surface area contributed by atoms with Gasteiger partial charge in [-0.05, 0) is 42.8 Å². The van der Waals surface area contributed by atoms with Crippen LogP contribution in [0.4, 0.5) is 0 Å². The van der Waals surface area contributed by atoms with Crippen LogP contribution < -0.4 is 18.9 Å². The lowest BCUT2D eigenvalue weighted by atomic mass is 9.98. The summed E-state index contributed by atoms with van der Waals surface area (Å²) in [6, 6.07) is 8.74. The van der Waals surface area contributed by atoms with Gasteiger partial charge in [0, 0.05) is 11.1 Å². The van der Waals surface area contributed by atoms with Crippen LogP contribution >= 0.6 is 0 Å². The molecular weight excluding hydrogens is 272 g/mol. The predicted octanol–water partition coefficient (Wildman–Crippen LogP) is 2.68. The van der Waals surface area contributed by atoms with Crippen LogP contribution in [0.1, 0.15) is 21.5 Å². The molecule has 0 bridgehead atoms.